The molecule has 3 aromatic rings. The first kappa shape index (κ1) is 17.1. The minimum atomic E-state index is 0.110. The van der Waals surface area contributed by atoms with Crippen molar-refractivity contribution in [3.05, 3.63) is 30.3 Å². The molecule has 2 saturated heterocycles. The topological polar surface area (TPSA) is 116 Å². The quantitative estimate of drug-likeness (QED) is 0.629. The van der Waals surface area contributed by atoms with Crippen LogP contribution in [-0.4, -0.2) is 61.1 Å². The molecule has 2 aliphatic rings. The zero-order valence-electron chi connectivity index (χ0n) is 15.6. The van der Waals surface area contributed by atoms with Crippen LogP contribution in [-0.2, 0) is 0 Å². The van der Waals surface area contributed by atoms with E-state index in [4.69, 9.17) is 0 Å². The van der Waals surface area contributed by atoms with Crippen LogP contribution >= 0.6 is 0 Å². The molecule has 4 heterocycles. The van der Waals surface area contributed by atoms with Gasteiger partial charge in [-0.25, -0.2) is 5.10 Å². The second kappa shape index (κ2) is 6.83. The van der Waals surface area contributed by atoms with Gasteiger partial charge in [-0.15, -0.1) is 15.3 Å². The van der Waals surface area contributed by atoms with E-state index in [1.54, 1.807) is 12.1 Å². The fraction of sp³-hybridized carbons (Fsp3) is 0.421. The molecule has 28 heavy (non-hydrogen) atoms. The summed E-state index contributed by atoms with van der Waals surface area (Å²) in [6.07, 6.45) is 4.85. The van der Waals surface area contributed by atoms with Gasteiger partial charge in [-0.2, -0.15) is 0 Å². The number of hydrogen-bond acceptors (Lipinski definition) is 8. The number of rotatable bonds is 4. The fourth-order valence-corrected chi connectivity index (χ4v) is 4.36. The highest BCUT2D eigenvalue weighted by Gasteiger charge is 2.35. The molecule has 2 bridgehead atoms. The van der Waals surface area contributed by atoms with Gasteiger partial charge in [0, 0.05) is 36.3 Å². The molecule has 0 unspecified atom stereocenters. The number of nitrogens with zero attached hydrogens (tertiary/aromatic N) is 6. The lowest BCUT2D eigenvalue weighted by atomic mass is 9.98. The van der Waals surface area contributed by atoms with Crippen LogP contribution < -0.4 is 10.2 Å². The molecular weight excluding hydrogens is 356 g/mol. The largest absolute Gasteiger partial charge is 0.507 e. The molecule has 9 nitrogen and oxygen atoms in total. The number of H-pyrrole nitrogens is 1. The Morgan fingerprint density at radius 2 is 1.86 bits per heavy atom. The Bertz CT molecular complexity index is 947. The van der Waals surface area contributed by atoms with Gasteiger partial charge in [-0.3, -0.25) is 0 Å². The van der Waals surface area contributed by atoms with Crippen LogP contribution in [0.15, 0.2) is 30.3 Å². The van der Waals surface area contributed by atoms with Crippen molar-refractivity contribution >= 4 is 5.82 Å². The van der Waals surface area contributed by atoms with Crippen molar-refractivity contribution < 1.29 is 5.11 Å². The second-order valence-electron chi connectivity index (χ2n) is 7.63. The molecule has 2 aliphatic heterocycles. The highest BCUT2D eigenvalue weighted by Crippen LogP contribution is 2.33. The summed E-state index contributed by atoms with van der Waals surface area (Å²) in [6.45, 7) is 0. The summed E-state index contributed by atoms with van der Waals surface area (Å²) in [5.74, 6) is 1.47. The molecule has 5 rings (SSSR count). The van der Waals surface area contributed by atoms with Crippen LogP contribution in [0.5, 0.6) is 5.75 Å². The number of fused-ring (bicyclic) bond motifs is 2. The standard InChI is InChI=1S/C19H22N8O/c1-27(14-9-12-3-4-13(10-14)20-12)18-7-6-16(21-22-18)15-5-2-11(8-17(15)28)19-23-25-26-24-19/h2,5-8,12-14,20,28H,3-4,9-10H2,1H3,(H,23,24,25,26)/t12-,13+,14+. The maximum absolute atomic E-state index is 10.4. The summed E-state index contributed by atoms with van der Waals surface area (Å²) < 4.78 is 0. The van der Waals surface area contributed by atoms with Gasteiger partial charge in [0.05, 0.1) is 5.69 Å². The Labute approximate surface area is 162 Å². The average Bonchev–Trinajstić information content (AvgIpc) is 3.37. The summed E-state index contributed by atoms with van der Waals surface area (Å²) in [5, 5.41) is 36.5. The molecule has 144 valence electrons. The summed E-state index contributed by atoms with van der Waals surface area (Å²) in [4.78, 5) is 2.24. The molecule has 2 aromatic heterocycles. The number of tetrazole rings is 1. The number of piperidine rings is 1. The number of nitrogens with one attached hydrogen (secondary N) is 2. The zero-order chi connectivity index (χ0) is 19.1. The molecule has 0 radical (unpaired) electrons. The number of aromatic amines is 1. The molecule has 3 N–H and O–H groups in total. The molecule has 3 atom stereocenters. The Balaban J connectivity index is 1.35. The number of benzene rings is 1. The Morgan fingerprint density at radius 3 is 2.50 bits per heavy atom. The minimum Gasteiger partial charge on any atom is -0.507 e. The highest BCUT2D eigenvalue weighted by molar-refractivity contribution is 5.72. The third-order valence-corrected chi connectivity index (χ3v) is 5.90. The van der Waals surface area contributed by atoms with E-state index < -0.39 is 0 Å². The van der Waals surface area contributed by atoms with Gasteiger partial charge in [0.1, 0.15) is 5.75 Å². The maximum atomic E-state index is 10.4. The van der Waals surface area contributed by atoms with E-state index in [2.05, 4.69) is 48.1 Å². The van der Waals surface area contributed by atoms with Crippen LogP contribution in [0.1, 0.15) is 25.7 Å². The van der Waals surface area contributed by atoms with E-state index in [9.17, 15) is 5.11 Å². The normalized spacial score (nSPS) is 23.7. The van der Waals surface area contributed by atoms with Crippen molar-refractivity contribution in [2.45, 2.75) is 43.8 Å². The van der Waals surface area contributed by atoms with E-state index in [1.807, 2.05) is 18.2 Å². The van der Waals surface area contributed by atoms with Gasteiger partial charge in [0.2, 0.25) is 0 Å². The molecule has 1 aromatic carbocycles. The van der Waals surface area contributed by atoms with Crippen molar-refractivity contribution in [3.8, 4) is 28.4 Å². The van der Waals surface area contributed by atoms with Crippen molar-refractivity contribution in [1.82, 2.24) is 36.1 Å². The fourth-order valence-electron chi connectivity index (χ4n) is 4.36. The zero-order valence-corrected chi connectivity index (χ0v) is 15.6. The first-order valence-electron chi connectivity index (χ1n) is 9.57. The predicted molar refractivity (Wildman–Crippen MR) is 104 cm³/mol. The Morgan fingerprint density at radius 1 is 1.04 bits per heavy atom. The molecule has 2 fully saturated rings. The molecule has 0 amide bonds. The van der Waals surface area contributed by atoms with Gasteiger partial charge in [0.15, 0.2) is 11.6 Å². The van der Waals surface area contributed by atoms with Crippen LogP contribution in [0.4, 0.5) is 5.82 Å². The monoisotopic (exact) mass is 378 g/mol. The summed E-state index contributed by atoms with van der Waals surface area (Å²) in [7, 11) is 2.09. The second-order valence-corrected chi connectivity index (χ2v) is 7.63. The Hall–Kier alpha value is -3.07. The van der Waals surface area contributed by atoms with Gasteiger partial charge in [-0.1, -0.05) is 6.07 Å². The molecule has 0 aliphatic carbocycles. The average molecular weight is 378 g/mol. The van der Waals surface area contributed by atoms with Crippen LogP contribution in [0, 0.1) is 0 Å². The maximum Gasteiger partial charge on any atom is 0.179 e. The van der Waals surface area contributed by atoms with Gasteiger partial charge in [0.25, 0.3) is 0 Å². The number of aromatic hydroxyl groups is 1. The van der Waals surface area contributed by atoms with Gasteiger partial charge < -0.3 is 15.3 Å². The lowest BCUT2D eigenvalue weighted by molar-refractivity contribution is 0.353. The van der Waals surface area contributed by atoms with Crippen molar-refractivity contribution in [2.75, 3.05) is 11.9 Å². The molecular formula is C19H22N8O. The summed E-state index contributed by atoms with van der Waals surface area (Å²) in [6, 6.07) is 10.9. The molecule has 0 saturated carbocycles. The molecule has 9 heteroatoms. The number of anilines is 1. The lowest BCUT2D eigenvalue weighted by Crippen LogP contribution is -2.47. The third-order valence-electron chi connectivity index (χ3n) is 5.90. The summed E-state index contributed by atoms with van der Waals surface area (Å²) in [5.41, 5.74) is 1.95. The van der Waals surface area contributed by atoms with Crippen molar-refractivity contribution in [2.24, 2.45) is 0 Å². The number of hydrogen-bond donors (Lipinski definition) is 3. The minimum absolute atomic E-state index is 0.110. The number of aromatic nitrogens is 6. The Kier molecular flexibility index (Phi) is 4.16. The summed E-state index contributed by atoms with van der Waals surface area (Å²) >= 11 is 0. The van der Waals surface area contributed by atoms with E-state index in [0.717, 1.165) is 18.7 Å². The lowest BCUT2D eigenvalue weighted by Gasteiger charge is -2.36. The van der Waals surface area contributed by atoms with Crippen molar-refractivity contribution in [3.63, 3.8) is 0 Å². The third kappa shape index (κ3) is 3.07. The smallest absolute Gasteiger partial charge is 0.179 e. The first-order valence-corrected chi connectivity index (χ1v) is 9.57. The van der Waals surface area contributed by atoms with Gasteiger partial charge in [-0.05, 0) is 60.4 Å². The first-order chi connectivity index (χ1) is 13.7. The van der Waals surface area contributed by atoms with Gasteiger partial charge >= 0.3 is 0 Å². The van der Waals surface area contributed by atoms with Crippen LogP contribution in [0.3, 0.4) is 0 Å². The van der Waals surface area contributed by atoms with E-state index in [-0.39, 0.29) is 5.75 Å². The van der Waals surface area contributed by atoms with Crippen LogP contribution in [0.2, 0.25) is 0 Å². The number of phenols is 1. The highest BCUT2D eigenvalue weighted by atomic mass is 16.3. The molecule has 0 spiro atoms. The van der Waals surface area contributed by atoms with Crippen LogP contribution in [0.25, 0.3) is 22.6 Å². The van der Waals surface area contributed by atoms with E-state index in [0.29, 0.717) is 40.8 Å². The number of phenolic OH excluding ortho intramolecular Hbond substituents is 1. The van der Waals surface area contributed by atoms with Crippen molar-refractivity contribution in [1.29, 1.82) is 0 Å². The SMILES string of the molecule is CN(c1ccc(-c2ccc(-c3nnn[nH]3)cc2O)nn1)[C@H]1C[C@H]2CC[C@@H](C1)N2. The van der Waals surface area contributed by atoms with E-state index in [1.165, 1.54) is 12.8 Å². The predicted octanol–water partition coefficient (Wildman–Crippen LogP) is 1.75. The van der Waals surface area contributed by atoms with E-state index >= 15 is 0 Å².